The predicted octanol–water partition coefficient (Wildman–Crippen LogP) is 4.53. The Bertz CT molecular complexity index is 1490. The zero-order valence-electron chi connectivity index (χ0n) is 20.3. The number of thioether (sulfide) groups is 1. The number of hydrogen-bond donors (Lipinski definition) is 2. The minimum Gasteiger partial charge on any atom is -0.504 e. The van der Waals surface area contributed by atoms with Gasteiger partial charge in [-0.2, -0.15) is 0 Å². The van der Waals surface area contributed by atoms with Crippen LogP contribution in [0, 0.1) is 36.5 Å². The average Bonchev–Trinajstić information content (AvgIpc) is 3.60. The molecule has 2 aliphatic heterocycles. The highest BCUT2D eigenvalue weighted by Gasteiger charge is 2.69. The van der Waals surface area contributed by atoms with Crippen LogP contribution >= 0.6 is 23.1 Å². The van der Waals surface area contributed by atoms with Crippen LogP contribution in [0.4, 0.5) is 5.69 Å². The molecule has 7 nitrogen and oxygen atoms in total. The third-order valence-electron chi connectivity index (χ3n) is 8.66. The molecule has 2 bridgehead atoms. The lowest BCUT2D eigenvalue weighted by Gasteiger charge is -2.43. The Morgan fingerprint density at radius 3 is 2.51 bits per heavy atom. The van der Waals surface area contributed by atoms with E-state index in [-0.39, 0.29) is 63.2 Å². The molecule has 37 heavy (non-hydrogen) atoms. The summed E-state index contributed by atoms with van der Waals surface area (Å²) < 4.78 is 5.68. The van der Waals surface area contributed by atoms with Crippen LogP contribution < -0.4 is 14.5 Å². The zero-order valence-corrected chi connectivity index (χ0v) is 22.0. The SMILES string of the molecule is CCOc1cc([C@H]2c3sc(=O)[nH]c3S[C@H]3[C@@H]4C[C@H]([C@H]5C(=O)N(c6ccc(C)cc6)C(=O)[C@H]45)[C@H]23)ccc1O. The van der Waals surface area contributed by atoms with Gasteiger partial charge >= 0.3 is 4.87 Å². The van der Waals surface area contributed by atoms with Gasteiger partial charge in [-0.1, -0.05) is 35.1 Å². The van der Waals surface area contributed by atoms with E-state index in [9.17, 15) is 19.5 Å². The molecule has 3 aromatic rings. The summed E-state index contributed by atoms with van der Waals surface area (Å²) in [5.74, 6) is -0.259. The van der Waals surface area contributed by atoms with Crippen molar-refractivity contribution in [3.05, 3.63) is 68.1 Å². The molecule has 2 saturated carbocycles. The van der Waals surface area contributed by atoms with Crippen LogP contribution in [-0.4, -0.2) is 33.8 Å². The number of benzene rings is 2. The predicted molar refractivity (Wildman–Crippen MR) is 141 cm³/mol. The highest BCUT2D eigenvalue weighted by atomic mass is 32.2. The molecule has 7 rings (SSSR count). The Morgan fingerprint density at radius 1 is 1.05 bits per heavy atom. The molecule has 2 aromatic carbocycles. The van der Waals surface area contributed by atoms with Gasteiger partial charge in [-0.25, -0.2) is 0 Å². The highest BCUT2D eigenvalue weighted by Crippen LogP contribution is 2.68. The molecule has 1 aromatic heterocycles. The molecule has 2 amide bonds. The van der Waals surface area contributed by atoms with Crippen LogP contribution in [0.25, 0.3) is 0 Å². The van der Waals surface area contributed by atoms with Gasteiger partial charge in [0.2, 0.25) is 11.8 Å². The van der Waals surface area contributed by atoms with Crippen molar-refractivity contribution in [2.75, 3.05) is 11.5 Å². The van der Waals surface area contributed by atoms with Gasteiger partial charge in [-0.15, -0.1) is 11.8 Å². The number of thiazole rings is 1. The lowest BCUT2D eigenvalue weighted by molar-refractivity contribution is -0.123. The minimum absolute atomic E-state index is 0.0408. The molecule has 190 valence electrons. The van der Waals surface area contributed by atoms with Crippen molar-refractivity contribution in [3.63, 3.8) is 0 Å². The second kappa shape index (κ2) is 8.23. The van der Waals surface area contributed by atoms with Crippen molar-refractivity contribution >= 4 is 40.6 Å². The number of carbonyl (C=O) groups excluding carboxylic acids is 2. The number of aryl methyl sites for hydroxylation is 1. The molecule has 3 fully saturated rings. The maximum Gasteiger partial charge on any atom is 0.305 e. The number of hydrogen-bond acceptors (Lipinski definition) is 7. The minimum atomic E-state index is -0.344. The van der Waals surface area contributed by atoms with Crippen LogP contribution in [0.1, 0.15) is 35.3 Å². The summed E-state index contributed by atoms with van der Waals surface area (Å²) in [4.78, 5) is 45.3. The van der Waals surface area contributed by atoms with Gasteiger partial charge in [0.25, 0.3) is 0 Å². The van der Waals surface area contributed by atoms with E-state index in [0.717, 1.165) is 27.5 Å². The van der Waals surface area contributed by atoms with E-state index in [4.69, 9.17) is 4.74 Å². The molecule has 2 N–H and O–H groups in total. The molecule has 9 heteroatoms. The largest absolute Gasteiger partial charge is 0.504 e. The van der Waals surface area contributed by atoms with Gasteiger partial charge < -0.3 is 14.8 Å². The smallest absolute Gasteiger partial charge is 0.305 e. The van der Waals surface area contributed by atoms with Gasteiger partial charge in [-0.3, -0.25) is 19.3 Å². The van der Waals surface area contributed by atoms with Gasteiger partial charge in [0, 0.05) is 16.0 Å². The second-order valence-corrected chi connectivity index (χ2v) is 12.7. The number of aromatic amines is 1. The van der Waals surface area contributed by atoms with Gasteiger partial charge in [0.1, 0.15) is 0 Å². The Balaban J connectivity index is 1.32. The summed E-state index contributed by atoms with van der Waals surface area (Å²) in [6.45, 7) is 4.28. The fraction of sp³-hybridized carbons (Fsp3) is 0.393. The quantitative estimate of drug-likeness (QED) is 0.478. The standard InChI is InChI=1S/C28H26N2O5S2/c1-3-35-18-10-13(6-9-17(18)31)19-20-15-11-16(23(20)36-25-24(19)37-28(34)29-25)22-21(15)26(32)30(27(22)33)14-7-4-12(2)5-8-14/h4-10,15-16,19-23,31H,3,11H2,1-2H3,(H,29,34)/t15-,16+,19+,20+,21+,22+,23-/m0/s1. The van der Waals surface area contributed by atoms with Crippen LogP contribution in [0.2, 0.25) is 0 Å². The third-order valence-corrected chi connectivity index (χ3v) is 11.2. The zero-order chi connectivity index (χ0) is 25.6. The lowest BCUT2D eigenvalue weighted by Crippen LogP contribution is -2.42. The maximum atomic E-state index is 13.8. The molecular formula is C28H26N2O5S2. The molecule has 0 unspecified atom stereocenters. The van der Waals surface area contributed by atoms with E-state index in [1.165, 1.54) is 16.2 Å². The second-order valence-electron chi connectivity index (χ2n) is 10.5. The highest BCUT2D eigenvalue weighted by molar-refractivity contribution is 8.00. The first-order chi connectivity index (χ1) is 17.9. The summed E-state index contributed by atoms with van der Waals surface area (Å²) in [6.07, 6.45) is 0.836. The number of anilines is 1. The van der Waals surface area contributed by atoms with Crippen molar-refractivity contribution in [2.24, 2.45) is 29.6 Å². The number of ether oxygens (including phenoxy) is 1. The van der Waals surface area contributed by atoms with Crippen molar-refractivity contribution in [2.45, 2.75) is 36.5 Å². The number of carbonyl (C=O) groups is 2. The number of aromatic nitrogens is 1. The number of amides is 2. The number of nitrogens with zero attached hydrogens (tertiary/aromatic N) is 1. The molecule has 7 atom stereocenters. The number of nitrogens with one attached hydrogen (secondary N) is 1. The monoisotopic (exact) mass is 534 g/mol. The molecule has 3 heterocycles. The van der Waals surface area contributed by atoms with E-state index in [0.29, 0.717) is 18.0 Å². The number of H-pyrrole nitrogens is 1. The number of rotatable bonds is 4. The molecule has 2 aliphatic carbocycles. The van der Waals surface area contributed by atoms with Crippen LogP contribution in [0.15, 0.2) is 52.3 Å². The number of phenolic OH excluding ortho intramolecular Hbond substituents is 1. The maximum absolute atomic E-state index is 13.8. The first kappa shape index (κ1) is 23.1. The van der Waals surface area contributed by atoms with Crippen LogP contribution in [0.5, 0.6) is 11.5 Å². The fourth-order valence-electron chi connectivity index (χ4n) is 7.33. The Kier molecular flexibility index (Phi) is 5.14. The van der Waals surface area contributed by atoms with Crippen molar-refractivity contribution in [1.82, 2.24) is 4.98 Å². The summed E-state index contributed by atoms with van der Waals surface area (Å²) >= 11 is 2.89. The third kappa shape index (κ3) is 3.23. The van der Waals surface area contributed by atoms with Crippen LogP contribution in [0.3, 0.4) is 0 Å². The number of fused-ring (bicyclic) bond motifs is 9. The average molecular weight is 535 g/mol. The molecule has 1 saturated heterocycles. The summed E-state index contributed by atoms with van der Waals surface area (Å²) in [5.41, 5.74) is 2.68. The Morgan fingerprint density at radius 2 is 1.78 bits per heavy atom. The summed E-state index contributed by atoms with van der Waals surface area (Å²) in [7, 11) is 0. The van der Waals surface area contributed by atoms with Crippen LogP contribution in [-0.2, 0) is 9.59 Å². The molecule has 0 radical (unpaired) electrons. The van der Waals surface area contributed by atoms with Gasteiger partial charge in [0.05, 0.1) is 29.2 Å². The lowest BCUT2D eigenvalue weighted by atomic mass is 9.68. The van der Waals surface area contributed by atoms with Crippen molar-refractivity contribution in [1.29, 1.82) is 0 Å². The molecule has 4 aliphatic rings. The van der Waals surface area contributed by atoms with Crippen molar-refractivity contribution in [3.8, 4) is 11.5 Å². The van der Waals surface area contributed by atoms with Crippen molar-refractivity contribution < 1.29 is 19.4 Å². The number of aromatic hydroxyl groups is 1. The fourth-order valence-corrected chi connectivity index (χ4v) is 10.2. The topological polar surface area (TPSA) is 99.7 Å². The van der Waals surface area contributed by atoms with E-state index in [1.54, 1.807) is 17.8 Å². The summed E-state index contributed by atoms with van der Waals surface area (Å²) in [6, 6.07) is 13.0. The Labute approximate surface area is 221 Å². The normalized spacial score (nSPS) is 31.4. The first-order valence-corrected chi connectivity index (χ1v) is 14.4. The first-order valence-electron chi connectivity index (χ1n) is 12.7. The number of imide groups is 1. The molecule has 0 spiro atoms. The Hall–Kier alpha value is -3.04. The van der Waals surface area contributed by atoms with E-state index in [2.05, 4.69) is 4.98 Å². The summed E-state index contributed by atoms with van der Waals surface area (Å²) in [5, 5.41) is 11.3. The van der Waals surface area contributed by atoms with E-state index in [1.807, 2.05) is 50.2 Å². The van der Waals surface area contributed by atoms with E-state index >= 15 is 0 Å². The van der Waals surface area contributed by atoms with Gasteiger partial charge in [-0.05, 0) is 67.9 Å². The number of phenols is 1. The molecular weight excluding hydrogens is 508 g/mol. The van der Waals surface area contributed by atoms with Gasteiger partial charge in [0.15, 0.2) is 11.5 Å². The van der Waals surface area contributed by atoms with E-state index < -0.39 is 0 Å².